The lowest BCUT2D eigenvalue weighted by atomic mass is 10.0. The zero-order valence-corrected chi connectivity index (χ0v) is 27.7. The molecule has 1 aromatic carbocycles. The second kappa shape index (κ2) is 21.2. The molecule has 20 nitrogen and oxygen atoms in total. The van der Waals surface area contributed by atoms with Crippen LogP contribution >= 0.6 is 0 Å². The summed E-state index contributed by atoms with van der Waals surface area (Å²) in [6, 6.07) is 0.476. The highest BCUT2D eigenvalue weighted by Gasteiger charge is 2.31. The van der Waals surface area contributed by atoms with Crippen molar-refractivity contribution < 1.29 is 48.6 Å². The minimum Gasteiger partial charge on any atom is -0.481 e. The van der Waals surface area contributed by atoms with Gasteiger partial charge in [0.25, 0.3) is 0 Å². The fourth-order valence-corrected chi connectivity index (χ4v) is 4.29. The van der Waals surface area contributed by atoms with Crippen LogP contribution in [0.4, 0.5) is 0 Å². The number of nitrogens with zero attached hydrogens (tertiary/aromatic N) is 1. The Labute approximate surface area is 287 Å². The molecule has 0 radical (unpaired) electrons. The Morgan fingerprint density at radius 3 is 1.76 bits per heavy atom. The van der Waals surface area contributed by atoms with Crippen molar-refractivity contribution in [1.29, 1.82) is 0 Å². The Balaban J connectivity index is 2.99. The Morgan fingerprint density at radius 1 is 0.700 bits per heavy atom. The Morgan fingerprint density at radius 2 is 1.22 bits per heavy atom. The molecular weight excluding hydrogens is 660 g/mol. The van der Waals surface area contributed by atoms with Gasteiger partial charge >= 0.3 is 11.9 Å². The van der Waals surface area contributed by atoms with Gasteiger partial charge in [-0.1, -0.05) is 30.3 Å². The summed E-state index contributed by atoms with van der Waals surface area (Å²) in [6.07, 6.45) is -1.16. The third kappa shape index (κ3) is 16.4. The number of benzene rings is 1. The lowest BCUT2D eigenvalue weighted by Crippen LogP contribution is -2.58. The number of nitrogens with one attached hydrogen (secondary N) is 5. The molecule has 0 aliphatic heterocycles. The summed E-state index contributed by atoms with van der Waals surface area (Å²) in [5, 5.41) is 30.4. The van der Waals surface area contributed by atoms with Crippen LogP contribution in [-0.2, 0) is 44.8 Å². The Hall–Kier alpha value is -5.79. The van der Waals surface area contributed by atoms with Crippen LogP contribution in [0.25, 0.3) is 0 Å². The third-order valence-electron chi connectivity index (χ3n) is 7.02. The van der Waals surface area contributed by atoms with Gasteiger partial charge in [0.2, 0.25) is 35.4 Å². The molecule has 0 saturated carbocycles. The predicted octanol–water partition coefficient (Wildman–Crippen LogP) is -4.10. The van der Waals surface area contributed by atoms with Gasteiger partial charge in [-0.15, -0.1) is 0 Å². The Bertz CT molecular complexity index is 1400. The minimum atomic E-state index is -1.47. The van der Waals surface area contributed by atoms with Crippen LogP contribution < -0.4 is 49.5 Å². The van der Waals surface area contributed by atoms with Crippen LogP contribution in [-0.4, -0.2) is 106 Å². The van der Waals surface area contributed by atoms with Gasteiger partial charge in [-0.3, -0.25) is 38.6 Å². The monoisotopic (exact) mass is 706 g/mol. The molecule has 6 amide bonds. The summed E-state index contributed by atoms with van der Waals surface area (Å²) in [5.41, 5.74) is 21.9. The van der Waals surface area contributed by atoms with Gasteiger partial charge in [0.05, 0.1) is 12.5 Å². The maximum absolute atomic E-state index is 13.2. The van der Waals surface area contributed by atoms with Gasteiger partial charge in [0.15, 0.2) is 5.96 Å². The van der Waals surface area contributed by atoms with Crippen molar-refractivity contribution in [3.8, 4) is 0 Å². The van der Waals surface area contributed by atoms with Crippen molar-refractivity contribution in [3.63, 3.8) is 0 Å². The van der Waals surface area contributed by atoms with Crippen molar-refractivity contribution in [2.75, 3.05) is 6.54 Å². The number of hydrogen-bond acceptors (Lipinski definition) is 10. The van der Waals surface area contributed by atoms with Crippen molar-refractivity contribution in [2.24, 2.45) is 27.9 Å². The lowest BCUT2D eigenvalue weighted by molar-refractivity contribution is -0.142. The molecule has 0 heterocycles. The van der Waals surface area contributed by atoms with E-state index in [4.69, 9.17) is 28.0 Å². The van der Waals surface area contributed by atoms with Crippen LogP contribution in [0, 0.1) is 0 Å². The number of guanidine groups is 1. The fourth-order valence-electron chi connectivity index (χ4n) is 4.29. The maximum atomic E-state index is 13.2. The summed E-state index contributed by atoms with van der Waals surface area (Å²) in [5.74, 6) is -7.97. The van der Waals surface area contributed by atoms with Gasteiger partial charge in [-0.25, -0.2) is 4.79 Å². The molecule has 0 fully saturated rings. The highest BCUT2D eigenvalue weighted by molar-refractivity contribution is 5.96. The molecular formula is C30H46N10O10. The van der Waals surface area contributed by atoms with Crippen LogP contribution in [0.3, 0.4) is 0 Å². The van der Waals surface area contributed by atoms with Gasteiger partial charge in [-0.05, 0) is 38.7 Å². The molecule has 0 aliphatic carbocycles. The predicted molar refractivity (Wildman–Crippen MR) is 177 cm³/mol. The molecule has 0 unspecified atom stereocenters. The number of carbonyl (C=O) groups is 8. The number of carboxylic acid groups (broad SMARTS) is 2. The van der Waals surface area contributed by atoms with E-state index in [-0.39, 0.29) is 44.6 Å². The molecule has 1 aromatic rings. The van der Waals surface area contributed by atoms with E-state index < -0.39 is 90.1 Å². The molecule has 20 heteroatoms. The zero-order valence-electron chi connectivity index (χ0n) is 27.7. The molecule has 0 saturated heterocycles. The first-order chi connectivity index (χ1) is 23.4. The largest absolute Gasteiger partial charge is 0.481 e. The van der Waals surface area contributed by atoms with E-state index >= 15 is 0 Å². The van der Waals surface area contributed by atoms with Gasteiger partial charge < -0.3 is 59.7 Å². The van der Waals surface area contributed by atoms with E-state index in [0.717, 1.165) is 0 Å². The number of amides is 6. The highest BCUT2D eigenvalue weighted by atomic mass is 16.4. The molecule has 0 spiro atoms. The van der Waals surface area contributed by atoms with Gasteiger partial charge in [-0.2, -0.15) is 0 Å². The van der Waals surface area contributed by atoms with Crippen molar-refractivity contribution >= 4 is 53.3 Å². The van der Waals surface area contributed by atoms with E-state index in [1.54, 1.807) is 30.3 Å². The number of aliphatic imine (C=N–C) groups is 1. The topological polar surface area (TPSA) is 354 Å². The number of hydrogen-bond donors (Lipinski definition) is 11. The average Bonchev–Trinajstić information content (AvgIpc) is 3.03. The molecule has 0 bridgehead atoms. The number of nitrogens with two attached hydrogens (primary N) is 4. The highest BCUT2D eigenvalue weighted by Crippen LogP contribution is 2.07. The van der Waals surface area contributed by atoms with Gasteiger partial charge in [0.1, 0.15) is 30.2 Å². The average molecular weight is 707 g/mol. The van der Waals surface area contributed by atoms with Crippen molar-refractivity contribution in [1.82, 2.24) is 26.6 Å². The zero-order chi connectivity index (χ0) is 38.0. The van der Waals surface area contributed by atoms with E-state index in [1.807, 2.05) is 0 Å². The first-order valence-electron chi connectivity index (χ1n) is 15.5. The van der Waals surface area contributed by atoms with Crippen LogP contribution in [0.2, 0.25) is 0 Å². The van der Waals surface area contributed by atoms with Crippen LogP contribution in [0.15, 0.2) is 35.3 Å². The minimum absolute atomic E-state index is 0.0164. The second-order valence-corrected chi connectivity index (χ2v) is 11.3. The SMILES string of the molecule is C[C@H](NC(=O)[C@H](C)NC(=O)[C@H](CCCN=C(N)N)NC(=O)[C@@H](N)CC(=O)O)C(=O)N[C@@H](Cc1ccccc1)C(=O)N[C@@H](CCC(N)=O)C(=O)O. The van der Waals surface area contributed by atoms with E-state index in [2.05, 4.69) is 31.6 Å². The summed E-state index contributed by atoms with van der Waals surface area (Å²) in [6.45, 7) is 2.71. The van der Waals surface area contributed by atoms with E-state index in [0.29, 0.717) is 5.56 Å². The number of rotatable bonds is 22. The lowest BCUT2D eigenvalue weighted by Gasteiger charge is -2.25. The summed E-state index contributed by atoms with van der Waals surface area (Å²) < 4.78 is 0. The summed E-state index contributed by atoms with van der Waals surface area (Å²) in [7, 11) is 0. The molecule has 50 heavy (non-hydrogen) atoms. The number of carboxylic acids is 2. The first-order valence-corrected chi connectivity index (χ1v) is 15.5. The molecule has 276 valence electrons. The normalized spacial score (nSPS) is 14.2. The van der Waals surface area contributed by atoms with Crippen molar-refractivity contribution in [2.45, 2.75) is 88.6 Å². The summed E-state index contributed by atoms with van der Waals surface area (Å²) in [4.78, 5) is 102. The van der Waals surface area contributed by atoms with Crippen LogP contribution in [0.1, 0.15) is 51.5 Å². The standard InChI is InChI=1S/C30H46N10O10/c1-15(37-27(47)19(9-6-12-35-30(33)34)38-26(46)18(31)14-23(42)43)24(44)36-16(2)25(45)40-21(13-17-7-4-3-5-8-17)28(48)39-20(29(49)50)10-11-22(32)41/h3-5,7-8,15-16,18-21H,6,9-14,31H2,1-2H3,(H2,32,41)(H,36,44)(H,37,47)(H,38,46)(H,39,48)(H,40,45)(H,42,43)(H,49,50)(H4,33,34,35)/t15-,16-,18-,19-,20-,21-/m0/s1. The fraction of sp³-hybridized carbons (Fsp3) is 0.500. The number of carbonyl (C=O) groups excluding carboxylic acids is 6. The maximum Gasteiger partial charge on any atom is 0.326 e. The van der Waals surface area contributed by atoms with E-state index in [1.165, 1.54) is 13.8 Å². The molecule has 6 atom stereocenters. The number of aliphatic carboxylic acids is 2. The quantitative estimate of drug-likeness (QED) is 0.0311. The molecule has 0 aromatic heterocycles. The second-order valence-electron chi connectivity index (χ2n) is 11.3. The van der Waals surface area contributed by atoms with Gasteiger partial charge in [0, 0.05) is 19.4 Å². The Kier molecular flexibility index (Phi) is 17.9. The van der Waals surface area contributed by atoms with Crippen molar-refractivity contribution in [3.05, 3.63) is 35.9 Å². The van der Waals surface area contributed by atoms with E-state index in [9.17, 15) is 43.5 Å². The van der Waals surface area contributed by atoms with Crippen LogP contribution in [0.5, 0.6) is 0 Å². The molecule has 15 N–H and O–H groups in total. The summed E-state index contributed by atoms with van der Waals surface area (Å²) >= 11 is 0. The smallest absolute Gasteiger partial charge is 0.326 e. The molecule has 0 aliphatic rings. The molecule has 1 rings (SSSR count). The first kappa shape index (κ1) is 42.2. The number of primary amides is 1. The third-order valence-corrected chi connectivity index (χ3v) is 7.02.